The molecule has 0 bridgehead atoms. The Hall–Kier alpha value is -2.50. The van der Waals surface area contributed by atoms with Gasteiger partial charge in [-0.1, -0.05) is 12.2 Å². The summed E-state index contributed by atoms with van der Waals surface area (Å²) in [6, 6.07) is 0. The fraction of sp³-hybridized carbons (Fsp3) is 0.882. The van der Waals surface area contributed by atoms with Crippen LogP contribution < -0.4 is 0 Å². The zero-order valence-corrected chi connectivity index (χ0v) is 42.9. The Balaban J connectivity index is 0.960. The van der Waals surface area contributed by atoms with Gasteiger partial charge >= 0.3 is 11.9 Å². The van der Waals surface area contributed by atoms with Crippen LogP contribution in [0.4, 0.5) is 0 Å². The van der Waals surface area contributed by atoms with Crippen molar-refractivity contribution in [2.24, 2.45) is 23.7 Å². The van der Waals surface area contributed by atoms with E-state index in [1.54, 1.807) is 6.08 Å². The molecule has 8 aliphatic rings. The molecule has 4 heterocycles. The number of carbonyl (C=O) groups is 2. The number of hydrogen-bond donors (Lipinski definition) is 16. The first kappa shape index (κ1) is 61.6. The van der Waals surface area contributed by atoms with Gasteiger partial charge in [0.05, 0.1) is 55.3 Å². The van der Waals surface area contributed by atoms with E-state index in [0.717, 1.165) is 6.08 Å². The lowest BCUT2D eigenvalue weighted by Gasteiger charge is -2.50. The van der Waals surface area contributed by atoms with Gasteiger partial charge in [-0.2, -0.15) is 0 Å². The molecule has 0 aromatic heterocycles. The molecule has 0 radical (unpaired) electrons. The molecular weight excluding hydrogens is 1040 g/mol. The fourth-order valence-electron chi connectivity index (χ4n) is 12.3. The van der Waals surface area contributed by atoms with Crippen LogP contribution in [0.3, 0.4) is 0 Å². The summed E-state index contributed by atoms with van der Waals surface area (Å²) < 4.78 is 52.0. The molecule has 4 aliphatic heterocycles. The van der Waals surface area contributed by atoms with E-state index in [1.165, 1.54) is 12.2 Å². The third kappa shape index (κ3) is 14.6. The first-order valence-electron chi connectivity index (χ1n) is 27.2. The molecule has 0 amide bonds. The Kier molecular flexibility index (Phi) is 21.5. The lowest BCUT2D eigenvalue weighted by atomic mass is 9.72. The van der Waals surface area contributed by atoms with E-state index < -0.39 is 197 Å². The molecule has 8 rings (SSSR count). The van der Waals surface area contributed by atoms with Gasteiger partial charge in [-0.15, -0.1) is 0 Å². The summed E-state index contributed by atoms with van der Waals surface area (Å²) in [5, 5.41) is 172. The summed E-state index contributed by atoms with van der Waals surface area (Å²) in [5.74, 6) is -3.31. The van der Waals surface area contributed by atoms with Gasteiger partial charge in [0.2, 0.25) is 0 Å². The highest BCUT2D eigenvalue weighted by Crippen LogP contribution is 2.45. The normalized spacial score (nSPS) is 49.5. The summed E-state index contributed by atoms with van der Waals surface area (Å²) in [6.07, 6.45) is -29.1. The predicted octanol–water partition coefficient (Wildman–Crippen LogP) is -6.60. The number of aliphatic hydroxyl groups excluding tert-OH is 16. The first-order valence-corrected chi connectivity index (χ1v) is 27.2. The molecule has 28 atom stereocenters. The Bertz CT molecular complexity index is 1970. The molecule has 27 nitrogen and oxygen atoms in total. The Morgan fingerprint density at radius 1 is 0.449 bits per heavy atom. The highest BCUT2D eigenvalue weighted by atomic mass is 16.7. The molecule has 4 saturated heterocycles. The van der Waals surface area contributed by atoms with Crippen LogP contribution in [0.15, 0.2) is 24.3 Å². The zero-order valence-electron chi connectivity index (χ0n) is 42.9. The molecule has 4 aliphatic carbocycles. The average molecular weight is 1130 g/mol. The fourth-order valence-corrected chi connectivity index (χ4v) is 12.3. The minimum absolute atomic E-state index is 0.0481. The van der Waals surface area contributed by atoms with Crippen LogP contribution in [0.5, 0.6) is 0 Å². The van der Waals surface area contributed by atoms with Crippen molar-refractivity contribution in [1.82, 2.24) is 0 Å². The van der Waals surface area contributed by atoms with Crippen LogP contribution in [0.2, 0.25) is 0 Å². The molecule has 0 spiro atoms. The van der Waals surface area contributed by atoms with Crippen LogP contribution in [0, 0.1) is 23.7 Å². The summed E-state index contributed by atoms with van der Waals surface area (Å²) in [7, 11) is 0. The van der Waals surface area contributed by atoms with E-state index in [2.05, 4.69) is 0 Å². The Morgan fingerprint density at radius 3 is 1.50 bits per heavy atom. The molecule has 8 fully saturated rings. The van der Waals surface area contributed by atoms with E-state index in [1.807, 2.05) is 0 Å². The Labute approximate surface area is 449 Å². The number of aliphatic hydroxyl groups is 18. The van der Waals surface area contributed by atoms with E-state index in [9.17, 15) is 91.3 Å². The second-order valence-electron chi connectivity index (χ2n) is 22.5. The second kappa shape index (κ2) is 27.3. The monoisotopic (exact) mass is 1130 g/mol. The maximum absolute atomic E-state index is 12.7. The largest absolute Gasteiger partial charge is 0.460 e. The summed E-state index contributed by atoms with van der Waals surface area (Å²) >= 11 is 0. The van der Waals surface area contributed by atoms with E-state index in [4.69, 9.17) is 42.6 Å². The maximum atomic E-state index is 12.7. The molecule has 0 aromatic rings. The van der Waals surface area contributed by atoms with E-state index >= 15 is 0 Å². The molecular formula is C51H81O27+. The SMILES string of the molecule is O=C(C=CC1CCC(O)C(O)C1)OC[C@H]1O[C@@H](OC2CC(C3[OH+]C4CC(O)CC(O[C@@H]5O[C@H](COC(=O)C=CC6CCC(O)CC6)[C@@H](O)[C@H](O)[C@H]5O)C4CC3O[C@@H]3O[C@H](CO)[C@@H](O)[C@H](O)[C@H]3O)CC(O)C2O)[C@H](O)[C@@H](O)[C@@H]1O. The number of allylic oxidation sites excluding steroid dienone is 2. The van der Waals surface area contributed by atoms with Crippen LogP contribution in [0.1, 0.15) is 77.0 Å². The molecule has 4 saturated carbocycles. The van der Waals surface area contributed by atoms with E-state index in [-0.39, 0.29) is 56.5 Å². The topological polar surface area (TPSA) is 444 Å². The summed E-state index contributed by atoms with van der Waals surface area (Å²) in [6.45, 7) is -1.98. The minimum Gasteiger partial charge on any atom is -0.460 e. The quantitative estimate of drug-likeness (QED) is 0.0388. The highest BCUT2D eigenvalue weighted by molar-refractivity contribution is 5.82. The van der Waals surface area contributed by atoms with Crippen molar-refractivity contribution in [2.45, 2.75) is 236 Å². The summed E-state index contributed by atoms with van der Waals surface area (Å²) in [4.78, 5) is 25.4. The highest BCUT2D eigenvalue weighted by Gasteiger charge is 2.58. The summed E-state index contributed by atoms with van der Waals surface area (Å²) in [5.41, 5.74) is 0. The number of rotatable bonds is 16. The van der Waals surface area contributed by atoms with Crippen molar-refractivity contribution in [1.29, 1.82) is 0 Å². The van der Waals surface area contributed by atoms with Crippen molar-refractivity contribution in [2.75, 3.05) is 19.8 Å². The maximum Gasteiger partial charge on any atom is 0.330 e. The molecule has 27 heteroatoms. The number of esters is 2. The number of fused-ring (bicyclic) bond motifs is 1. The molecule has 446 valence electrons. The molecule has 13 unspecified atom stereocenters. The molecule has 17 N–H and O–H groups in total. The lowest BCUT2D eigenvalue weighted by Crippen LogP contribution is -2.65. The van der Waals surface area contributed by atoms with Crippen molar-refractivity contribution >= 4 is 11.9 Å². The van der Waals surface area contributed by atoms with Crippen LogP contribution in [-0.4, -0.2) is 277 Å². The Morgan fingerprint density at radius 2 is 0.949 bits per heavy atom. The van der Waals surface area contributed by atoms with E-state index in [0.29, 0.717) is 38.5 Å². The van der Waals surface area contributed by atoms with Gasteiger partial charge < -0.3 is 124 Å². The zero-order chi connectivity index (χ0) is 56.3. The number of ether oxygens (including phenoxy) is 9. The smallest absolute Gasteiger partial charge is 0.330 e. The number of hydrogen-bond acceptors (Lipinski definition) is 26. The van der Waals surface area contributed by atoms with Gasteiger partial charge in [0, 0.05) is 30.9 Å². The van der Waals surface area contributed by atoms with Crippen molar-refractivity contribution < 1.29 is 134 Å². The second-order valence-corrected chi connectivity index (χ2v) is 22.5. The molecule has 78 heavy (non-hydrogen) atoms. The third-order valence-electron chi connectivity index (χ3n) is 17.0. The third-order valence-corrected chi connectivity index (χ3v) is 17.0. The van der Waals surface area contributed by atoms with Gasteiger partial charge in [-0.3, -0.25) is 0 Å². The number of carbonyl (C=O) groups excluding carboxylic acids is 2. The van der Waals surface area contributed by atoms with Gasteiger partial charge in [-0.25, -0.2) is 9.59 Å². The first-order chi connectivity index (χ1) is 37.1. The molecule has 0 aromatic carbocycles. The van der Waals surface area contributed by atoms with Crippen LogP contribution in [0.25, 0.3) is 0 Å². The van der Waals surface area contributed by atoms with Gasteiger partial charge in [0.15, 0.2) is 31.1 Å². The standard InChI is InChI=1S/C51H80O27/c52-17-33-39(61)42(64)45(67)51(76-33)75-32-16-25-29(14-24(54)15-30(25)73-49-46(68)43(65)40(62)34(77-49)18-70-36(58)9-4-20-1-6-23(53)7-2-20)72-48(32)22-12-28(57)38(60)31(13-22)74-50-47(69)44(66)41(63)35(78-50)19-71-37(59)10-5-21-3-8-26(55)27(56)11-21/h4-5,9-10,20-35,38-57,60-69H,1-3,6-8,11-19H2/p+1/t20?,21?,22?,23?,24?,25?,26?,27?,28?,29?,30?,31?,32?,33-,34-,35-,38?,39-,40-,41-,42+,43+,44+,45-,46-,47-,48?,49-,50-,51-/m1/s1. The van der Waals surface area contributed by atoms with Gasteiger partial charge in [-0.05, 0) is 76.0 Å². The van der Waals surface area contributed by atoms with Crippen LogP contribution >= 0.6 is 0 Å². The lowest BCUT2D eigenvalue weighted by molar-refractivity contribution is -0.370. The van der Waals surface area contributed by atoms with Crippen LogP contribution in [-0.2, 0) is 47.5 Å². The van der Waals surface area contributed by atoms with Gasteiger partial charge in [0.1, 0.15) is 98.7 Å². The predicted molar refractivity (Wildman–Crippen MR) is 257 cm³/mol. The van der Waals surface area contributed by atoms with Crippen molar-refractivity contribution in [3.05, 3.63) is 24.3 Å². The minimum atomic E-state index is -1.93. The average Bonchev–Trinajstić information content (AvgIpc) is 3.48. The van der Waals surface area contributed by atoms with Gasteiger partial charge in [0.25, 0.3) is 0 Å². The van der Waals surface area contributed by atoms with Crippen molar-refractivity contribution in [3.8, 4) is 0 Å². The van der Waals surface area contributed by atoms with Crippen molar-refractivity contribution in [3.63, 3.8) is 0 Å².